The average molecular weight is 357 g/mol. The minimum Gasteiger partial charge on any atom is -0.307 e. The summed E-state index contributed by atoms with van der Waals surface area (Å²) in [6, 6.07) is -0.123. The molecule has 2 saturated heterocycles. The number of hydrogen-bond donors (Lipinski definition) is 1. The lowest BCUT2D eigenvalue weighted by Crippen LogP contribution is -2.17. The summed E-state index contributed by atoms with van der Waals surface area (Å²) >= 11 is 6.20. The molecule has 0 bridgehead atoms. The Kier molecular flexibility index (Phi) is 3.90. The fourth-order valence-electron chi connectivity index (χ4n) is 2.76. The van der Waals surface area contributed by atoms with Crippen LogP contribution in [-0.4, -0.2) is 39.9 Å². The molecule has 0 saturated carbocycles. The standard InChI is InChI=1S/C13H15N3O3S3/c1-7-10(5-11-12(17)14-13(20)21-11)8(2)16(15-7)9-3-4-22(18,19)6-9/h5,9H,3-4,6H2,1-2H3,(H,14,17,20)/b11-5-/t9-/m0/s1. The minimum atomic E-state index is -2.96. The van der Waals surface area contributed by atoms with Crippen LogP contribution in [0, 0.1) is 13.8 Å². The van der Waals surface area contributed by atoms with E-state index in [2.05, 4.69) is 10.4 Å². The molecule has 1 N–H and O–H groups in total. The van der Waals surface area contributed by atoms with E-state index in [1.807, 2.05) is 13.8 Å². The summed E-state index contributed by atoms with van der Waals surface area (Å²) in [6.07, 6.45) is 2.36. The highest BCUT2D eigenvalue weighted by Crippen LogP contribution is 2.31. The second-order valence-electron chi connectivity index (χ2n) is 5.44. The van der Waals surface area contributed by atoms with Crippen molar-refractivity contribution in [1.82, 2.24) is 15.1 Å². The molecule has 3 rings (SSSR count). The van der Waals surface area contributed by atoms with Crippen LogP contribution >= 0.6 is 24.0 Å². The molecule has 3 heterocycles. The molecule has 1 atom stereocenters. The second-order valence-corrected chi connectivity index (χ2v) is 9.39. The van der Waals surface area contributed by atoms with Gasteiger partial charge in [0.25, 0.3) is 5.91 Å². The van der Waals surface area contributed by atoms with Gasteiger partial charge in [0, 0.05) is 11.3 Å². The first-order valence-electron chi connectivity index (χ1n) is 6.78. The van der Waals surface area contributed by atoms with E-state index in [0.717, 1.165) is 17.0 Å². The van der Waals surface area contributed by atoms with Crippen molar-refractivity contribution in [1.29, 1.82) is 0 Å². The number of hydrogen-bond acceptors (Lipinski definition) is 6. The van der Waals surface area contributed by atoms with Crippen LogP contribution in [0.2, 0.25) is 0 Å². The largest absolute Gasteiger partial charge is 0.307 e. The highest BCUT2D eigenvalue weighted by Gasteiger charge is 2.31. The second kappa shape index (κ2) is 5.47. The van der Waals surface area contributed by atoms with Crippen molar-refractivity contribution in [3.8, 4) is 0 Å². The number of amides is 1. The average Bonchev–Trinajstić information content (AvgIpc) is 3.02. The van der Waals surface area contributed by atoms with Crippen LogP contribution in [0.15, 0.2) is 4.91 Å². The Bertz CT molecular complexity index is 808. The zero-order valence-corrected chi connectivity index (χ0v) is 14.6. The maximum absolute atomic E-state index is 11.8. The molecule has 1 aromatic rings. The van der Waals surface area contributed by atoms with Crippen molar-refractivity contribution >= 4 is 50.1 Å². The maximum atomic E-state index is 11.8. The van der Waals surface area contributed by atoms with E-state index < -0.39 is 9.84 Å². The Labute approximate surface area is 138 Å². The lowest BCUT2D eigenvalue weighted by Gasteiger charge is -2.11. The molecule has 0 spiro atoms. The number of aryl methyl sites for hydroxylation is 1. The van der Waals surface area contributed by atoms with Crippen molar-refractivity contribution in [2.45, 2.75) is 26.3 Å². The van der Waals surface area contributed by atoms with Gasteiger partial charge < -0.3 is 5.32 Å². The normalized spacial score (nSPS) is 25.9. The molecular weight excluding hydrogens is 342 g/mol. The van der Waals surface area contributed by atoms with Crippen molar-refractivity contribution in [2.75, 3.05) is 11.5 Å². The summed E-state index contributed by atoms with van der Waals surface area (Å²) in [5.41, 5.74) is 2.51. The SMILES string of the molecule is Cc1nn([C@H]2CCS(=O)(=O)C2)c(C)c1/C=C1\SC(=S)NC1=O. The van der Waals surface area contributed by atoms with Gasteiger partial charge in [-0.15, -0.1) is 0 Å². The van der Waals surface area contributed by atoms with E-state index in [9.17, 15) is 13.2 Å². The number of nitrogens with one attached hydrogen (secondary N) is 1. The van der Waals surface area contributed by atoms with Crippen molar-refractivity contribution in [3.05, 3.63) is 21.9 Å². The summed E-state index contributed by atoms with van der Waals surface area (Å²) in [5.74, 6) is 0.133. The number of sulfone groups is 1. The predicted octanol–water partition coefficient (Wildman–Crippen LogP) is 1.35. The molecule has 22 heavy (non-hydrogen) atoms. The van der Waals surface area contributed by atoms with Gasteiger partial charge >= 0.3 is 0 Å². The van der Waals surface area contributed by atoms with Crippen LogP contribution in [0.5, 0.6) is 0 Å². The van der Waals surface area contributed by atoms with E-state index >= 15 is 0 Å². The van der Waals surface area contributed by atoms with Gasteiger partial charge in [-0.1, -0.05) is 24.0 Å². The van der Waals surface area contributed by atoms with Crippen molar-refractivity contribution in [3.63, 3.8) is 0 Å². The Morgan fingerprint density at radius 1 is 1.45 bits per heavy atom. The molecule has 0 unspecified atom stereocenters. The number of aromatic nitrogens is 2. The van der Waals surface area contributed by atoms with Gasteiger partial charge in [0.05, 0.1) is 28.1 Å². The third-order valence-electron chi connectivity index (χ3n) is 3.85. The number of thiocarbonyl (C=S) groups is 1. The quantitative estimate of drug-likeness (QED) is 0.636. The summed E-state index contributed by atoms with van der Waals surface area (Å²) in [4.78, 5) is 12.3. The molecule has 0 radical (unpaired) electrons. The molecule has 0 aromatic carbocycles. The van der Waals surface area contributed by atoms with E-state index in [4.69, 9.17) is 12.2 Å². The third-order valence-corrected chi connectivity index (χ3v) is 6.77. The topological polar surface area (TPSA) is 81.1 Å². The zero-order valence-electron chi connectivity index (χ0n) is 12.1. The van der Waals surface area contributed by atoms with Gasteiger partial charge in [0.1, 0.15) is 4.32 Å². The van der Waals surface area contributed by atoms with Crippen LogP contribution in [0.4, 0.5) is 0 Å². The van der Waals surface area contributed by atoms with Gasteiger partial charge in [-0.25, -0.2) is 8.42 Å². The van der Waals surface area contributed by atoms with Gasteiger partial charge in [0.2, 0.25) is 0 Å². The fourth-order valence-corrected chi connectivity index (χ4v) is 5.48. The zero-order chi connectivity index (χ0) is 16.1. The Hall–Kier alpha value is -1.19. The summed E-state index contributed by atoms with van der Waals surface area (Å²) in [7, 11) is -2.96. The Morgan fingerprint density at radius 2 is 2.18 bits per heavy atom. The van der Waals surface area contributed by atoms with Crippen molar-refractivity contribution < 1.29 is 13.2 Å². The minimum absolute atomic E-state index is 0.123. The number of carbonyl (C=O) groups excluding carboxylic acids is 1. The van der Waals surface area contributed by atoms with Gasteiger partial charge in [0.15, 0.2) is 9.84 Å². The monoisotopic (exact) mass is 357 g/mol. The first kappa shape index (κ1) is 15.7. The molecule has 2 aliphatic rings. The highest BCUT2D eigenvalue weighted by atomic mass is 32.2. The highest BCUT2D eigenvalue weighted by molar-refractivity contribution is 8.26. The Morgan fingerprint density at radius 3 is 2.73 bits per heavy atom. The molecule has 0 aliphatic carbocycles. The van der Waals surface area contributed by atoms with E-state index in [1.54, 1.807) is 10.8 Å². The molecular formula is C13H15N3O3S3. The first-order chi connectivity index (χ1) is 10.3. The first-order valence-corrected chi connectivity index (χ1v) is 9.82. The van der Waals surface area contributed by atoms with E-state index in [0.29, 0.717) is 15.6 Å². The van der Waals surface area contributed by atoms with Crippen molar-refractivity contribution in [2.24, 2.45) is 0 Å². The third kappa shape index (κ3) is 2.84. The smallest absolute Gasteiger partial charge is 0.263 e. The molecule has 1 aromatic heterocycles. The van der Waals surface area contributed by atoms with Crippen LogP contribution in [0.1, 0.15) is 29.4 Å². The molecule has 2 fully saturated rings. The molecule has 6 nitrogen and oxygen atoms in total. The lowest BCUT2D eigenvalue weighted by molar-refractivity contribution is -0.115. The van der Waals surface area contributed by atoms with Gasteiger partial charge in [-0.2, -0.15) is 5.10 Å². The number of thioether (sulfide) groups is 1. The number of nitrogens with zero attached hydrogens (tertiary/aromatic N) is 2. The van der Waals surface area contributed by atoms with Crippen LogP contribution in [0.3, 0.4) is 0 Å². The number of rotatable bonds is 2. The summed E-state index contributed by atoms with van der Waals surface area (Å²) in [6.45, 7) is 3.75. The summed E-state index contributed by atoms with van der Waals surface area (Å²) in [5, 5.41) is 7.06. The molecule has 2 aliphatic heterocycles. The van der Waals surface area contributed by atoms with Gasteiger partial charge in [-0.3, -0.25) is 9.48 Å². The van der Waals surface area contributed by atoms with Crippen LogP contribution < -0.4 is 5.32 Å². The van der Waals surface area contributed by atoms with E-state index in [-0.39, 0.29) is 23.5 Å². The fraction of sp³-hybridized carbons (Fsp3) is 0.462. The van der Waals surface area contributed by atoms with Gasteiger partial charge in [-0.05, 0) is 26.3 Å². The van der Waals surface area contributed by atoms with Crippen LogP contribution in [-0.2, 0) is 14.6 Å². The Balaban J connectivity index is 1.96. The molecule has 1 amide bonds. The van der Waals surface area contributed by atoms with Crippen LogP contribution in [0.25, 0.3) is 6.08 Å². The van der Waals surface area contributed by atoms with E-state index in [1.165, 1.54) is 11.8 Å². The lowest BCUT2D eigenvalue weighted by atomic mass is 10.1. The summed E-state index contributed by atoms with van der Waals surface area (Å²) < 4.78 is 25.5. The number of carbonyl (C=O) groups is 1. The molecule has 118 valence electrons. The molecule has 9 heteroatoms. The predicted molar refractivity (Wildman–Crippen MR) is 90.3 cm³/mol. The maximum Gasteiger partial charge on any atom is 0.263 e.